The van der Waals surface area contributed by atoms with Gasteiger partial charge in [0.1, 0.15) is 5.69 Å². The first-order valence-electron chi connectivity index (χ1n) is 6.11. The summed E-state index contributed by atoms with van der Waals surface area (Å²) in [5.41, 5.74) is 5.72. The molecule has 2 atom stereocenters. The first-order chi connectivity index (χ1) is 8.90. The summed E-state index contributed by atoms with van der Waals surface area (Å²) in [7, 11) is 0. The van der Waals surface area contributed by atoms with Crippen molar-refractivity contribution in [2.75, 3.05) is 23.7 Å². The number of aryl methyl sites for hydroxylation is 1. The number of hydrogen-bond acceptors (Lipinski definition) is 7. The maximum atomic E-state index is 11.1. The molecular formula is C11H17N5O3. The van der Waals surface area contributed by atoms with Crippen LogP contribution in [0, 0.1) is 23.0 Å². The molecule has 2 heterocycles. The number of nitrogens with zero attached hydrogens (tertiary/aromatic N) is 4. The highest BCUT2D eigenvalue weighted by molar-refractivity contribution is 5.62. The molecule has 0 spiro atoms. The molecular weight excluding hydrogens is 250 g/mol. The average molecular weight is 267 g/mol. The van der Waals surface area contributed by atoms with Gasteiger partial charge in [-0.1, -0.05) is 0 Å². The Hall–Kier alpha value is -1.96. The van der Waals surface area contributed by atoms with E-state index in [2.05, 4.69) is 9.97 Å². The molecule has 2 unspecified atom stereocenters. The summed E-state index contributed by atoms with van der Waals surface area (Å²) in [5.74, 6) is 0.368. The molecule has 0 bridgehead atoms. The normalized spacial score (nSPS) is 20.6. The van der Waals surface area contributed by atoms with Crippen molar-refractivity contribution in [1.82, 2.24) is 9.97 Å². The minimum absolute atomic E-state index is 0.0265. The lowest BCUT2D eigenvalue weighted by Gasteiger charge is -2.19. The number of nitro groups is 1. The van der Waals surface area contributed by atoms with Crippen molar-refractivity contribution in [2.24, 2.45) is 5.92 Å². The van der Waals surface area contributed by atoms with Crippen LogP contribution in [0.1, 0.15) is 19.0 Å². The van der Waals surface area contributed by atoms with E-state index in [1.54, 1.807) is 18.7 Å². The Labute approximate surface area is 110 Å². The molecule has 1 fully saturated rings. The fraction of sp³-hybridized carbons (Fsp3) is 0.636. The highest BCUT2D eigenvalue weighted by atomic mass is 16.6. The predicted octanol–water partition coefficient (Wildman–Crippen LogP) is 0.483. The van der Waals surface area contributed by atoms with Gasteiger partial charge in [-0.3, -0.25) is 10.1 Å². The second-order valence-corrected chi connectivity index (χ2v) is 4.83. The van der Waals surface area contributed by atoms with Crippen LogP contribution in [0.2, 0.25) is 0 Å². The largest absolute Gasteiger partial charge is 0.393 e. The first kappa shape index (κ1) is 13.5. The van der Waals surface area contributed by atoms with Crippen molar-refractivity contribution < 1.29 is 10.0 Å². The van der Waals surface area contributed by atoms with Crippen LogP contribution in [0.15, 0.2) is 0 Å². The smallest absolute Gasteiger partial charge is 0.332 e. The second-order valence-electron chi connectivity index (χ2n) is 4.83. The van der Waals surface area contributed by atoms with Gasteiger partial charge in [0.15, 0.2) is 0 Å². The van der Waals surface area contributed by atoms with Crippen LogP contribution in [-0.2, 0) is 0 Å². The molecule has 2 rings (SSSR count). The quantitative estimate of drug-likeness (QED) is 0.604. The van der Waals surface area contributed by atoms with Gasteiger partial charge < -0.3 is 15.7 Å². The molecule has 1 saturated heterocycles. The zero-order chi connectivity index (χ0) is 14.2. The number of nitrogen functional groups attached to an aromatic ring is 1. The van der Waals surface area contributed by atoms with E-state index in [1.807, 2.05) is 0 Å². The highest BCUT2D eigenvalue weighted by Gasteiger charge is 2.32. The summed E-state index contributed by atoms with van der Waals surface area (Å²) in [5, 5.41) is 20.7. The van der Waals surface area contributed by atoms with Gasteiger partial charge >= 0.3 is 5.69 Å². The summed E-state index contributed by atoms with van der Waals surface area (Å²) in [6, 6.07) is 0. The van der Waals surface area contributed by atoms with E-state index in [9.17, 15) is 15.2 Å². The molecule has 1 aromatic heterocycles. The van der Waals surface area contributed by atoms with Crippen molar-refractivity contribution in [2.45, 2.75) is 26.4 Å². The minimum atomic E-state index is -0.486. The van der Waals surface area contributed by atoms with E-state index in [4.69, 9.17) is 5.73 Å². The molecule has 8 nitrogen and oxygen atoms in total. The predicted molar refractivity (Wildman–Crippen MR) is 69.8 cm³/mol. The van der Waals surface area contributed by atoms with Gasteiger partial charge in [-0.2, -0.15) is 4.98 Å². The summed E-state index contributed by atoms with van der Waals surface area (Å²) < 4.78 is 0. The van der Waals surface area contributed by atoms with Crippen LogP contribution in [0.25, 0.3) is 0 Å². The summed E-state index contributed by atoms with van der Waals surface area (Å²) in [6.07, 6.45) is 0.335. The lowest BCUT2D eigenvalue weighted by molar-refractivity contribution is -0.385. The summed E-state index contributed by atoms with van der Waals surface area (Å²) in [6.45, 7) is 4.42. The third-order valence-corrected chi connectivity index (χ3v) is 3.45. The first-order valence-corrected chi connectivity index (χ1v) is 6.11. The van der Waals surface area contributed by atoms with Crippen LogP contribution in [0.4, 0.5) is 17.5 Å². The van der Waals surface area contributed by atoms with Gasteiger partial charge in [-0.05, 0) is 20.3 Å². The number of anilines is 2. The molecule has 0 aromatic carbocycles. The van der Waals surface area contributed by atoms with Gasteiger partial charge in [0, 0.05) is 19.0 Å². The molecule has 1 aromatic rings. The molecule has 3 N–H and O–H groups in total. The van der Waals surface area contributed by atoms with E-state index in [1.165, 1.54) is 0 Å². The molecule has 8 heteroatoms. The van der Waals surface area contributed by atoms with Gasteiger partial charge in [0.2, 0.25) is 11.8 Å². The number of aliphatic hydroxyl groups is 1. The number of hydrogen-bond donors (Lipinski definition) is 2. The van der Waals surface area contributed by atoms with E-state index >= 15 is 0 Å². The Balaban J connectivity index is 2.37. The Kier molecular flexibility index (Phi) is 3.52. The van der Waals surface area contributed by atoms with Gasteiger partial charge in [0.25, 0.3) is 0 Å². The summed E-state index contributed by atoms with van der Waals surface area (Å²) in [4.78, 5) is 20.3. The Morgan fingerprint density at radius 3 is 2.79 bits per heavy atom. The Morgan fingerprint density at radius 1 is 1.58 bits per heavy atom. The zero-order valence-corrected chi connectivity index (χ0v) is 10.9. The average Bonchev–Trinajstić information content (AvgIpc) is 2.76. The van der Waals surface area contributed by atoms with E-state index in [-0.39, 0.29) is 29.1 Å². The van der Waals surface area contributed by atoms with Crippen LogP contribution in [0.5, 0.6) is 0 Å². The molecule has 1 aliphatic heterocycles. The fourth-order valence-corrected chi connectivity index (χ4v) is 2.38. The molecule has 1 aliphatic rings. The van der Waals surface area contributed by atoms with Crippen molar-refractivity contribution in [1.29, 1.82) is 0 Å². The molecule has 0 aliphatic carbocycles. The zero-order valence-electron chi connectivity index (χ0n) is 10.9. The monoisotopic (exact) mass is 267 g/mol. The van der Waals surface area contributed by atoms with E-state index in [0.717, 1.165) is 6.42 Å². The number of aliphatic hydroxyl groups excluding tert-OH is 1. The third-order valence-electron chi connectivity index (χ3n) is 3.45. The molecule has 104 valence electrons. The van der Waals surface area contributed by atoms with Crippen LogP contribution >= 0.6 is 0 Å². The molecule has 0 radical (unpaired) electrons. The van der Waals surface area contributed by atoms with Crippen LogP contribution in [-0.4, -0.2) is 39.2 Å². The number of nitrogens with two attached hydrogens (primary N) is 1. The summed E-state index contributed by atoms with van der Waals surface area (Å²) >= 11 is 0. The SMILES string of the molecule is Cc1nc(N)nc(N2CCC(C(C)O)C2)c1[N+](=O)[O-]. The number of rotatable bonds is 3. The van der Waals surface area contributed by atoms with Crippen LogP contribution < -0.4 is 10.6 Å². The van der Waals surface area contributed by atoms with Crippen molar-refractivity contribution >= 4 is 17.5 Å². The molecule has 0 amide bonds. The van der Waals surface area contributed by atoms with Gasteiger partial charge in [-0.15, -0.1) is 0 Å². The third kappa shape index (κ3) is 2.58. The maximum Gasteiger partial charge on any atom is 0.332 e. The Morgan fingerprint density at radius 2 is 2.26 bits per heavy atom. The minimum Gasteiger partial charge on any atom is -0.393 e. The van der Waals surface area contributed by atoms with Crippen molar-refractivity contribution in [3.05, 3.63) is 15.8 Å². The molecule has 0 saturated carbocycles. The topological polar surface area (TPSA) is 118 Å². The fourth-order valence-electron chi connectivity index (χ4n) is 2.38. The van der Waals surface area contributed by atoms with E-state index in [0.29, 0.717) is 13.1 Å². The van der Waals surface area contributed by atoms with Crippen molar-refractivity contribution in [3.63, 3.8) is 0 Å². The van der Waals surface area contributed by atoms with Crippen molar-refractivity contribution in [3.8, 4) is 0 Å². The number of aromatic nitrogens is 2. The van der Waals surface area contributed by atoms with Crippen LogP contribution in [0.3, 0.4) is 0 Å². The molecule has 19 heavy (non-hydrogen) atoms. The highest BCUT2D eigenvalue weighted by Crippen LogP contribution is 2.33. The van der Waals surface area contributed by atoms with Gasteiger partial charge in [-0.25, -0.2) is 4.98 Å². The second kappa shape index (κ2) is 4.96. The lowest BCUT2D eigenvalue weighted by Crippen LogP contribution is -2.26. The standard InChI is InChI=1S/C11H17N5O3/c1-6-9(16(18)19)10(14-11(12)13-6)15-4-3-8(5-15)7(2)17/h7-8,17H,3-5H2,1-2H3,(H2,12,13,14). The van der Waals surface area contributed by atoms with Gasteiger partial charge in [0.05, 0.1) is 11.0 Å². The van der Waals surface area contributed by atoms with E-state index < -0.39 is 11.0 Å². The Bertz CT molecular complexity index is 505. The maximum absolute atomic E-state index is 11.1. The lowest BCUT2D eigenvalue weighted by atomic mass is 10.0.